The van der Waals surface area contributed by atoms with Crippen molar-refractivity contribution in [2.24, 2.45) is 0 Å². The van der Waals surface area contributed by atoms with E-state index in [1.165, 1.54) is 22.3 Å². The van der Waals surface area contributed by atoms with Crippen molar-refractivity contribution in [3.63, 3.8) is 0 Å². The summed E-state index contributed by atoms with van der Waals surface area (Å²) < 4.78 is 22.7. The van der Waals surface area contributed by atoms with Gasteiger partial charge in [-0.2, -0.15) is 0 Å². The summed E-state index contributed by atoms with van der Waals surface area (Å²) in [4.78, 5) is 57.9. The number of amides is 6. The maximum absolute atomic E-state index is 13.6. The maximum atomic E-state index is 13.6. The molecule has 7 rings (SSSR count). The summed E-state index contributed by atoms with van der Waals surface area (Å²) in [7, 11) is 4.18. The highest BCUT2D eigenvalue weighted by Gasteiger charge is 2.31. The normalized spacial score (nSPS) is 16.4. The Hall–Kier alpha value is -4.72. The van der Waals surface area contributed by atoms with Crippen LogP contribution in [0.4, 0.5) is 9.59 Å². The molecular weight excluding hydrogens is 1070 g/mol. The Balaban J connectivity index is 0.635. The van der Waals surface area contributed by atoms with Gasteiger partial charge in [0, 0.05) is 116 Å². The molecule has 6 amide bonds. The van der Waals surface area contributed by atoms with E-state index in [2.05, 4.69) is 82.4 Å². The van der Waals surface area contributed by atoms with Crippen LogP contribution in [0.1, 0.15) is 85.1 Å². The smallest absolute Gasteiger partial charge is 0.314 e. The Labute approximate surface area is 473 Å². The van der Waals surface area contributed by atoms with Crippen LogP contribution in [0.25, 0.3) is 0 Å². The lowest BCUT2D eigenvalue weighted by Crippen LogP contribution is -2.40. The Bertz CT molecular complexity index is 2630. The Morgan fingerprint density at radius 1 is 0.649 bits per heavy atom. The van der Waals surface area contributed by atoms with Crippen molar-refractivity contribution < 1.29 is 38.1 Å². The van der Waals surface area contributed by atoms with Gasteiger partial charge in [-0.05, 0) is 127 Å². The predicted molar refractivity (Wildman–Crippen MR) is 303 cm³/mol. The summed E-state index contributed by atoms with van der Waals surface area (Å²) in [6, 6.07) is 19.9. The lowest BCUT2D eigenvalue weighted by atomic mass is 9.83. The molecule has 0 saturated heterocycles. The summed E-state index contributed by atoms with van der Waals surface area (Å²) in [5.74, 6) is 0.237. The molecule has 418 valence electrons. The van der Waals surface area contributed by atoms with Gasteiger partial charge in [0.1, 0.15) is 0 Å². The van der Waals surface area contributed by atoms with Crippen molar-refractivity contribution in [1.82, 2.24) is 40.9 Å². The van der Waals surface area contributed by atoms with Gasteiger partial charge < -0.3 is 59.8 Å². The van der Waals surface area contributed by atoms with Crippen LogP contribution in [0.3, 0.4) is 0 Å². The van der Waals surface area contributed by atoms with E-state index in [9.17, 15) is 19.2 Å². The molecule has 0 aromatic heterocycles. The fourth-order valence-corrected chi connectivity index (χ4v) is 11.3. The van der Waals surface area contributed by atoms with Gasteiger partial charge in [-0.15, -0.1) is 0 Å². The first-order valence-electron chi connectivity index (χ1n) is 26.7. The maximum Gasteiger partial charge on any atom is 0.314 e. The number of nitrogens with one attached hydrogen (secondary N) is 4. The zero-order valence-corrected chi connectivity index (χ0v) is 47.6. The second kappa shape index (κ2) is 30.6. The van der Waals surface area contributed by atoms with Gasteiger partial charge in [0.05, 0.1) is 52.9 Å². The topological polar surface area (TPSA) is 166 Å². The van der Waals surface area contributed by atoms with Gasteiger partial charge in [0.2, 0.25) is 6.41 Å². The van der Waals surface area contributed by atoms with Crippen molar-refractivity contribution in [3.05, 3.63) is 136 Å². The number of urea groups is 2. The number of hydrogen-bond donors (Lipinski definition) is 4. The highest BCUT2D eigenvalue weighted by molar-refractivity contribution is 6.35. The zero-order chi connectivity index (χ0) is 54.7. The summed E-state index contributed by atoms with van der Waals surface area (Å²) in [6.45, 7) is 12.1. The van der Waals surface area contributed by atoms with Gasteiger partial charge in [-0.25, -0.2) is 9.59 Å². The number of fused-ring (bicyclic) bond motifs is 3. The molecule has 4 N–H and O–H groups in total. The molecule has 3 aliphatic heterocycles. The van der Waals surface area contributed by atoms with Crippen LogP contribution in [-0.4, -0.2) is 176 Å². The van der Waals surface area contributed by atoms with Crippen molar-refractivity contribution >= 4 is 70.8 Å². The third-order valence-corrected chi connectivity index (χ3v) is 15.4. The first kappa shape index (κ1) is 59.9. The number of halogens is 4. The average molecular weight is 1140 g/mol. The van der Waals surface area contributed by atoms with Gasteiger partial charge >= 0.3 is 12.1 Å². The van der Waals surface area contributed by atoms with E-state index < -0.39 is 0 Å². The van der Waals surface area contributed by atoms with Gasteiger partial charge in [0.25, 0.3) is 5.91 Å². The first-order valence-corrected chi connectivity index (χ1v) is 28.2. The molecule has 3 aliphatic rings. The second-order valence-corrected chi connectivity index (χ2v) is 21.7. The second-order valence-electron chi connectivity index (χ2n) is 20.0. The van der Waals surface area contributed by atoms with Crippen LogP contribution >= 0.6 is 46.4 Å². The van der Waals surface area contributed by atoms with Crippen LogP contribution < -0.4 is 21.3 Å². The number of carbonyl (C=O) groups excluding carboxylic acids is 4. The first-order chi connectivity index (χ1) is 37.3. The molecule has 2 unspecified atom stereocenters. The minimum Gasteiger partial charge on any atom is -0.377 e. The quantitative estimate of drug-likeness (QED) is 0.0310. The molecule has 0 aliphatic carbocycles. The highest BCUT2D eigenvalue weighted by atomic mass is 35.5. The Morgan fingerprint density at radius 2 is 1.17 bits per heavy atom. The lowest BCUT2D eigenvalue weighted by molar-refractivity contribution is -0.118. The van der Waals surface area contributed by atoms with Crippen molar-refractivity contribution in [2.45, 2.75) is 57.5 Å². The van der Waals surface area contributed by atoms with E-state index in [1.54, 1.807) is 11.0 Å². The molecule has 0 fully saturated rings. The van der Waals surface area contributed by atoms with Gasteiger partial charge in [-0.3, -0.25) is 9.59 Å². The Kier molecular flexibility index (Phi) is 23.8. The van der Waals surface area contributed by atoms with Crippen molar-refractivity contribution in [3.8, 4) is 0 Å². The number of hydrogen-bond acceptors (Lipinski definition) is 10. The summed E-state index contributed by atoms with van der Waals surface area (Å²) >= 11 is 26.0. The third kappa shape index (κ3) is 17.9. The third-order valence-electron chi connectivity index (χ3n) is 14.3. The van der Waals surface area contributed by atoms with Crippen LogP contribution in [0.15, 0.2) is 60.7 Å². The van der Waals surface area contributed by atoms with Crippen LogP contribution in [-0.2, 0) is 49.7 Å². The number of likely N-dealkylation sites (N-methyl/N-ethyl adjacent to an activating group) is 2. The largest absolute Gasteiger partial charge is 0.377 e. The van der Waals surface area contributed by atoms with E-state index in [1.807, 2.05) is 29.2 Å². The average Bonchev–Trinajstić information content (AvgIpc) is 3.40. The number of aryl methyl sites for hydroxylation is 1. The molecular formula is C57H74Cl4N8O8. The molecule has 0 spiro atoms. The molecule has 4 aromatic carbocycles. The number of ether oxygens (including phenoxy) is 4. The van der Waals surface area contributed by atoms with E-state index in [-0.39, 0.29) is 29.8 Å². The van der Waals surface area contributed by atoms with Crippen LogP contribution in [0.5, 0.6) is 0 Å². The number of rotatable bonds is 29. The van der Waals surface area contributed by atoms with E-state index in [0.29, 0.717) is 138 Å². The molecule has 3 heterocycles. The summed E-state index contributed by atoms with van der Waals surface area (Å²) in [6.07, 6.45) is 3.77. The molecule has 4 aromatic rings. The molecule has 0 radical (unpaired) electrons. The Morgan fingerprint density at radius 3 is 1.73 bits per heavy atom. The SMILES string of the molecule is Cc1cc(C2CN(C)Cc3c(Cl)cc(Cl)cc32)ccc1CCN(C=O)CCOCCOCCNC(=O)NCCCCNC(=O)NCCOCCOCCN1CCc2ccc(C3CN(C)Cc4c(Cl)cc(Cl)cc43)cc2C1=O. The van der Waals surface area contributed by atoms with Crippen molar-refractivity contribution in [1.29, 1.82) is 0 Å². The monoisotopic (exact) mass is 1140 g/mol. The van der Waals surface area contributed by atoms with Gasteiger partial charge in [0.15, 0.2) is 0 Å². The predicted octanol–water partition coefficient (Wildman–Crippen LogP) is 7.91. The minimum absolute atomic E-state index is 0.0101. The van der Waals surface area contributed by atoms with Gasteiger partial charge in [-0.1, -0.05) is 76.7 Å². The molecule has 0 saturated carbocycles. The number of benzene rings is 4. The minimum atomic E-state index is -0.287. The standard InChI is InChI=1S/C57H74Cl4N8O8/c1-39-28-42(49-34-66(2)36-51-47(49)30-44(58)32-53(51)60)8-6-40(39)10-16-68(38-70)18-22-76-26-24-74-20-14-64-56(72)62-12-4-5-13-63-57(73)65-15-21-75-25-27-77-23-19-69-17-11-41-7-9-43(29-46(41)55(69)71)50-35-67(3)37-52-48(50)31-45(59)33-54(52)61/h6-9,28-33,38,49-50H,4-5,10-27,34-37H2,1-3H3,(H2,62,64,72)(H2,63,65,73). The van der Waals surface area contributed by atoms with E-state index >= 15 is 0 Å². The number of carbonyl (C=O) groups is 4. The summed E-state index contributed by atoms with van der Waals surface area (Å²) in [5.41, 5.74) is 11.0. The fourth-order valence-electron chi connectivity index (χ4n) is 10.2. The highest BCUT2D eigenvalue weighted by Crippen LogP contribution is 2.41. The van der Waals surface area contributed by atoms with Crippen LogP contribution in [0, 0.1) is 6.92 Å². The van der Waals surface area contributed by atoms with Crippen LogP contribution in [0.2, 0.25) is 20.1 Å². The molecule has 16 nitrogen and oxygen atoms in total. The van der Waals surface area contributed by atoms with Crippen molar-refractivity contribution in [2.75, 3.05) is 132 Å². The molecule has 77 heavy (non-hydrogen) atoms. The summed E-state index contributed by atoms with van der Waals surface area (Å²) in [5, 5.41) is 13.8. The fraction of sp³-hybridized carbons (Fsp3) is 0.509. The van der Waals surface area contributed by atoms with E-state index in [0.717, 1.165) is 78.8 Å². The zero-order valence-electron chi connectivity index (χ0n) is 44.5. The molecule has 20 heteroatoms. The molecule has 2 atom stereocenters. The van der Waals surface area contributed by atoms with E-state index in [4.69, 9.17) is 65.4 Å². The molecule has 0 bridgehead atoms. The number of unbranched alkanes of at least 4 members (excludes halogenated alkanes) is 1. The lowest BCUT2D eigenvalue weighted by Gasteiger charge is -2.34. The number of nitrogens with zero attached hydrogens (tertiary/aromatic N) is 4.